The standard InChI is InChI=1S/C23H24NOPS/c1-23(2,3)24-18-19-11-10-12-20(17-19)25-26(27,21-13-6-4-7-14-21)22-15-8-5-9-16-22/h4-18H,1-3H3. The second-order valence-electron chi connectivity index (χ2n) is 7.32. The average Bonchev–Trinajstić information content (AvgIpc) is 2.67. The van der Waals surface area contributed by atoms with Gasteiger partial charge >= 0.3 is 0 Å². The minimum atomic E-state index is -2.43. The van der Waals surface area contributed by atoms with E-state index in [2.05, 4.69) is 50.0 Å². The topological polar surface area (TPSA) is 21.6 Å². The van der Waals surface area contributed by atoms with Gasteiger partial charge in [0, 0.05) is 16.8 Å². The van der Waals surface area contributed by atoms with Crippen molar-refractivity contribution in [1.29, 1.82) is 0 Å². The lowest BCUT2D eigenvalue weighted by atomic mass is 10.1. The first-order valence-electron chi connectivity index (χ1n) is 8.93. The van der Waals surface area contributed by atoms with Crippen LogP contribution in [-0.4, -0.2) is 11.8 Å². The largest absolute Gasteiger partial charge is 0.458 e. The van der Waals surface area contributed by atoms with Crippen molar-refractivity contribution < 1.29 is 4.52 Å². The van der Waals surface area contributed by atoms with Crippen molar-refractivity contribution in [3.05, 3.63) is 90.5 Å². The Kier molecular flexibility index (Phi) is 5.94. The van der Waals surface area contributed by atoms with Crippen molar-refractivity contribution in [1.82, 2.24) is 0 Å². The summed E-state index contributed by atoms with van der Waals surface area (Å²) in [5, 5.41) is 2.08. The van der Waals surface area contributed by atoms with Crippen LogP contribution in [0.5, 0.6) is 5.75 Å². The molecule has 3 aromatic carbocycles. The molecule has 27 heavy (non-hydrogen) atoms. The highest BCUT2D eigenvalue weighted by atomic mass is 32.4. The molecule has 0 heterocycles. The molecule has 0 saturated heterocycles. The molecule has 0 bridgehead atoms. The minimum Gasteiger partial charge on any atom is -0.458 e. The first-order chi connectivity index (χ1) is 12.9. The fraction of sp³-hybridized carbons (Fsp3) is 0.174. The molecular formula is C23H24NOPS. The Bertz CT molecular complexity index is 919. The molecule has 3 rings (SSSR count). The van der Waals surface area contributed by atoms with Crippen molar-refractivity contribution >= 4 is 34.9 Å². The average molecular weight is 393 g/mol. The molecule has 0 radical (unpaired) electrons. The number of hydrogen-bond acceptors (Lipinski definition) is 3. The van der Waals surface area contributed by atoms with Gasteiger partial charge in [0.15, 0.2) is 6.26 Å². The maximum absolute atomic E-state index is 6.51. The van der Waals surface area contributed by atoms with E-state index in [1.54, 1.807) is 0 Å². The minimum absolute atomic E-state index is 0.111. The van der Waals surface area contributed by atoms with E-state index < -0.39 is 6.26 Å². The molecule has 0 saturated carbocycles. The Morgan fingerprint density at radius 3 is 1.89 bits per heavy atom. The quantitative estimate of drug-likeness (QED) is 0.432. The second-order valence-corrected chi connectivity index (χ2v) is 11.2. The van der Waals surface area contributed by atoms with E-state index in [9.17, 15) is 0 Å². The van der Waals surface area contributed by atoms with Gasteiger partial charge in [-0.05, 0) is 50.3 Å². The molecule has 3 aromatic rings. The van der Waals surface area contributed by atoms with Crippen LogP contribution in [-0.2, 0) is 11.8 Å². The van der Waals surface area contributed by atoms with Gasteiger partial charge < -0.3 is 4.52 Å². The van der Waals surface area contributed by atoms with E-state index in [-0.39, 0.29) is 5.54 Å². The number of rotatable bonds is 5. The normalized spacial score (nSPS) is 12.3. The third-order valence-electron chi connectivity index (χ3n) is 3.89. The van der Waals surface area contributed by atoms with Gasteiger partial charge in [0.25, 0.3) is 0 Å². The van der Waals surface area contributed by atoms with Crippen LogP contribution >= 0.6 is 6.26 Å². The summed E-state index contributed by atoms with van der Waals surface area (Å²) in [6, 6.07) is 28.2. The number of aliphatic imine (C=N–C) groups is 1. The van der Waals surface area contributed by atoms with Gasteiger partial charge in [-0.3, -0.25) is 4.99 Å². The molecular weight excluding hydrogens is 369 g/mol. The molecule has 138 valence electrons. The second kappa shape index (κ2) is 8.21. The Morgan fingerprint density at radius 2 is 1.37 bits per heavy atom. The van der Waals surface area contributed by atoms with E-state index in [0.29, 0.717) is 0 Å². The van der Waals surface area contributed by atoms with Gasteiger partial charge in [0.05, 0.1) is 5.54 Å². The zero-order valence-electron chi connectivity index (χ0n) is 15.9. The van der Waals surface area contributed by atoms with Crippen LogP contribution in [0.1, 0.15) is 26.3 Å². The van der Waals surface area contributed by atoms with Crippen molar-refractivity contribution in [3.63, 3.8) is 0 Å². The van der Waals surface area contributed by atoms with Crippen molar-refractivity contribution in [2.45, 2.75) is 26.3 Å². The fourth-order valence-corrected chi connectivity index (χ4v) is 5.61. The lowest BCUT2D eigenvalue weighted by Gasteiger charge is -2.24. The van der Waals surface area contributed by atoms with Crippen LogP contribution in [0, 0.1) is 0 Å². The smallest absolute Gasteiger partial charge is 0.171 e. The van der Waals surface area contributed by atoms with Crippen molar-refractivity contribution in [2.75, 3.05) is 0 Å². The molecule has 0 amide bonds. The van der Waals surface area contributed by atoms with E-state index in [1.807, 2.05) is 66.9 Å². The Balaban J connectivity index is 1.99. The van der Waals surface area contributed by atoms with E-state index >= 15 is 0 Å². The predicted octanol–water partition coefficient (Wildman–Crippen LogP) is 5.33. The molecule has 0 fully saturated rings. The SMILES string of the molecule is CC(C)(C)N=Cc1cccc(OP(=S)(c2ccccc2)c2ccccc2)c1. The summed E-state index contributed by atoms with van der Waals surface area (Å²) in [6.45, 7) is 6.23. The molecule has 0 aliphatic rings. The molecule has 4 heteroatoms. The summed E-state index contributed by atoms with van der Waals surface area (Å²) in [4.78, 5) is 4.58. The monoisotopic (exact) mass is 393 g/mol. The molecule has 2 nitrogen and oxygen atoms in total. The highest BCUT2D eigenvalue weighted by molar-refractivity contribution is 8.19. The Labute approximate surface area is 167 Å². The zero-order chi connectivity index (χ0) is 19.3. The maximum atomic E-state index is 6.51. The van der Waals surface area contributed by atoms with Crippen LogP contribution in [0.2, 0.25) is 0 Å². The molecule has 0 aliphatic carbocycles. The van der Waals surface area contributed by atoms with Gasteiger partial charge in [-0.25, -0.2) is 0 Å². The van der Waals surface area contributed by atoms with Crippen molar-refractivity contribution in [3.8, 4) is 5.75 Å². The van der Waals surface area contributed by atoms with Gasteiger partial charge in [0.2, 0.25) is 0 Å². The Morgan fingerprint density at radius 1 is 0.815 bits per heavy atom. The van der Waals surface area contributed by atoms with Crippen LogP contribution in [0.3, 0.4) is 0 Å². The molecule has 0 unspecified atom stereocenters. The third kappa shape index (κ3) is 5.15. The highest BCUT2D eigenvalue weighted by Crippen LogP contribution is 2.45. The first-order valence-corrected chi connectivity index (χ1v) is 11.6. The number of hydrogen-bond donors (Lipinski definition) is 0. The van der Waals surface area contributed by atoms with Crippen molar-refractivity contribution in [2.24, 2.45) is 4.99 Å². The highest BCUT2D eigenvalue weighted by Gasteiger charge is 2.24. The van der Waals surface area contributed by atoms with Gasteiger partial charge in [-0.2, -0.15) is 0 Å². The van der Waals surface area contributed by atoms with Gasteiger partial charge in [-0.1, -0.05) is 72.8 Å². The van der Waals surface area contributed by atoms with Crippen LogP contribution in [0.4, 0.5) is 0 Å². The van der Waals surface area contributed by atoms with Gasteiger partial charge in [0.1, 0.15) is 5.75 Å². The van der Waals surface area contributed by atoms with E-state index in [4.69, 9.17) is 16.3 Å². The van der Waals surface area contributed by atoms with Crippen LogP contribution in [0.15, 0.2) is 89.9 Å². The number of benzene rings is 3. The Hall–Kier alpha value is -2.22. The van der Waals surface area contributed by atoms with Crippen LogP contribution < -0.4 is 15.1 Å². The summed E-state index contributed by atoms with van der Waals surface area (Å²) >= 11 is 6.14. The van der Waals surface area contributed by atoms with Crippen LogP contribution in [0.25, 0.3) is 0 Å². The fourth-order valence-electron chi connectivity index (χ4n) is 2.57. The van der Waals surface area contributed by atoms with E-state index in [0.717, 1.165) is 21.9 Å². The van der Waals surface area contributed by atoms with E-state index in [1.165, 1.54) is 0 Å². The molecule has 0 aliphatic heterocycles. The lowest BCUT2D eigenvalue weighted by molar-refractivity contribution is 0.586. The molecule has 0 aromatic heterocycles. The van der Waals surface area contributed by atoms with Gasteiger partial charge in [-0.15, -0.1) is 0 Å². The summed E-state index contributed by atoms with van der Waals surface area (Å²) in [5.74, 6) is 0.767. The predicted molar refractivity (Wildman–Crippen MR) is 121 cm³/mol. The summed E-state index contributed by atoms with van der Waals surface area (Å²) in [5.41, 5.74) is 0.893. The molecule has 0 atom stereocenters. The maximum Gasteiger partial charge on any atom is 0.171 e. The molecule has 0 N–H and O–H groups in total. The lowest BCUT2D eigenvalue weighted by Crippen LogP contribution is -2.19. The number of nitrogens with zero attached hydrogens (tertiary/aromatic N) is 1. The third-order valence-corrected chi connectivity index (χ3v) is 7.80. The summed E-state index contributed by atoms with van der Waals surface area (Å²) < 4.78 is 6.51. The summed E-state index contributed by atoms with van der Waals surface area (Å²) in [7, 11) is 0. The first kappa shape index (κ1) is 19.5. The zero-order valence-corrected chi connectivity index (χ0v) is 17.6. The molecule has 0 spiro atoms. The summed E-state index contributed by atoms with van der Waals surface area (Å²) in [6.07, 6.45) is -0.538.